The van der Waals surface area contributed by atoms with Gasteiger partial charge in [0.25, 0.3) is 0 Å². The van der Waals surface area contributed by atoms with Gasteiger partial charge in [-0.2, -0.15) is 0 Å². The molecule has 31 heavy (non-hydrogen) atoms. The third-order valence-corrected chi connectivity index (χ3v) is 6.67. The molecule has 166 valence electrons. The number of allylic oxidation sites excluding steroid dienone is 3. The third-order valence-electron chi connectivity index (χ3n) is 6.67. The van der Waals surface area contributed by atoms with Gasteiger partial charge in [-0.15, -0.1) is 0 Å². The maximum atomic E-state index is 4.54. The van der Waals surface area contributed by atoms with E-state index in [4.69, 9.17) is 0 Å². The van der Waals surface area contributed by atoms with E-state index in [1.54, 1.807) is 5.56 Å². The van der Waals surface area contributed by atoms with Crippen LogP contribution in [-0.4, -0.2) is 0 Å². The maximum Gasteiger partial charge on any atom is -0.00897 e. The molecule has 2 aromatic carbocycles. The van der Waals surface area contributed by atoms with Gasteiger partial charge >= 0.3 is 0 Å². The molecule has 3 unspecified atom stereocenters. The van der Waals surface area contributed by atoms with Gasteiger partial charge in [-0.1, -0.05) is 109 Å². The fraction of sp³-hybridized carbons (Fsp3) is 0.419. The highest BCUT2D eigenvalue weighted by Crippen LogP contribution is 2.49. The van der Waals surface area contributed by atoms with E-state index in [-0.39, 0.29) is 0 Å². The first-order chi connectivity index (χ1) is 15.1. The van der Waals surface area contributed by atoms with Crippen molar-refractivity contribution in [2.75, 3.05) is 0 Å². The lowest BCUT2D eigenvalue weighted by Crippen LogP contribution is -2.24. The molecule has 3 atom stereocenters. The second-order valence-electron chi connectivity index (χ2n) is 8.26. The van der Waals surface area contributed by atoms with E-state index in [2.05, 4.69) is 88.0 Å². The molecular weight excluding hydrogens is 372 g/mol. The first kappa shape index (κ1) is 24.9. The van der Waals surface area contributed by atoms with E-state index in [0.717, 1.165) is 0 Å². The Bertz CT molecular complexity index is 925. The monoisotopic (exact) mass is 414 g/mol. The summed E-state index contributed by atoms with van der Waals surface area (Å²) in [5.41, 5.74) is 9.49. The summed E-state index contributed by atoms with van der Waals surface area (Å²) in [7, 11) is 0. The third kappa shape index (κ3) is 5.29. The first-order valence-corrected chi connectivity index (χ1v) is 12.4. The molecule has 1 saturated carbocycles. The molecule has 0 heterocycles. The van der Waals surface area contributed by atoms with Crippen molar-refractivity contribution < 1.29 is 0 Å². The summed E-state index contributed by atoms with van der Waals surface area (Å²) in [6, 6.07) is 15.6. The lowest BCUT2D eigenvalue weighted by Gasteiger charge is -2.39. The Kier molecular flexibility index (Phi) is 9.56. The van der Waals surface area contributed by atoms with Crippen LogP contribution in [-0.2, 0) is 0 Å². The van der Waals surface area contributed by atoms with E-state index in [9.17, 15) is 0 Å². The van der Waals surface area contributed by atoms with Crippen LogP contribution in [0.2, 0.25) is 0 Å². The minimum atomic E-state index is 0.588. The smallest absolute Gasteiger partial charge is 0.00897 e. The molecule has 4 rings (SSSR count). The minimum Gasteiger partial charge on any atom is -0.0909 e. The molecule has 2 aliphatic carbocycles. The SMILES string of the molecule is C=C1/C(C)=C/c2ccccc2/C=C\C2CCC2c2c1cccc2C(C)CC.CC.CC. The fourth-order valence-corrected chi connectivity index (χ4v) is 4.58. The lowest BCUT2D eigenvalue weighted by atomic mass is 9.66. The molecule has 0 heteroatoms. The second-order valence-corrected chi connectivity index (χ2v) is 8.26. The minimum absolute atomic E-state index is 0.588. The molecule has 0 bridgehead atoms. The van der Waals surface area contributed by atoms with Crippen molar-refractivity contribution in [2.24, 2.45) is 5.92 Å². The average Bonchev–Trinajstić information content (AvgIpc) is 2.81. The molecule has 0 amide bonds. The molecule has 0 nitrogen and oxygen atoms in total. The van der Waals surface area contributed by atoms with Crippen LogP contribution >= 0.6 is 0 Å². The van der Waals surface area contributed by atoms with Crippen molar-refractivity contribution in [3.05, 3.63) is 88.5 Å². The van der Waals surface area contributed by atoms with Crippen molar-refractivity contribution in [3.63, 3.8) is 0 Å². The van der Waals surface area contributed by atoms with Crippen LogP contribution in [0.25, 0.3) is 17.7 Å². The van der Waals surface area contributed by atoms with Gasteiger partial charge < -0.3 is 0 Å². The Morgan fingerprint density at radius 1 is 0.935 bits per heavy atom. The highest BCUT2D eigenvalue weighted by Gasteiger charge is 2.34. The molecule has 0 aromatic heterocycles. The Balaban J connectivity index is 0.000000807. The molecule has 2 aromatic rings. The van der Waals surface area contributed by atoms with Crippen molar-refractivity contribution in [1.29, 1.82) is 0 Å². The molecule has 0 radical (unpaired) electrons. The van der Waals surface area contributed by atoms with E-state index >= 15 is 0 Å². The highest BCUT2D eigenvalue weighted by atomic mass is 14.4. The maximum absolute atomic E-state index is 4.54. The van der Waals surface area contributed by atoms with Crippen molar-refractivity contribution in [1.82, 2.24) is 0 Å². The van der Waals surface area contributed by atoms with E-state index in [0.29, 0.717) is 17.8 Å². The van der Waals surface area contributed by atoms with Gasteiger partial charge in [-0.05, 0) is 82.9 Å². The largest absolute Gasteiger partial charge is 0.0909 e. The van der Waals surface area contributed by atoms with E-state index in [1.807, 2.05) is 27.7 Å². The topological polar surface area (TPSA) is 0 Å². The van der Waals surface area contributed by atoms with Crippen molar-refractivity contribution in [3.8, 4) is 0 Å². The van der Waals surface area contributed by atoms with Gasteiger partial charge in [0.05, 0.1) is 0 Å². The van der Waals surface area contributed by atoms with Gasteiger partial charge in [0, 0.05) is 0 Å². The van der Waals surface area contributed by atoms with Gasteiger partial charge in [-0.25, -0.2) is 0 Å². The highest BCUT2D eigenvalue weighted by molar-refractivity contribution is 5.86. The van der Waals surface area contributed by atoms with Crippen LogP contribution in [0.3, 0.4) is 0 Å². The number of fused-ring (bicyclic) bond motifs is 4. The van der Waals surface area contributed by atoms with Crippen LogP contribution in [0.1, 0.15) is 107 Å². The normalized spacial score (nSPS) is 22.7. The predicted molar refractivity (Wildman–Crippen MR) is 141 cm³/mol. The van der Waals surface area contributed by atoms with Gasteiger partial charge in [-0.3, -0.25) is 0 Å². The van der Waals surface area contributed by atoms with Gasteiger partial charge in [0.15, 0.2) is 0 Å². The molecule has 0 spiro atoms. The zero-order chi connectivity index (χ0) is 23.0. The number of hydrogen-bond acceptors (Lipinski definition) is 0. The Labute approximate surface area is 191 Å². The van der Waals surface area contributed by atoms with Crippen molar-refractivity contribution >= 4 is 17.7 Å². The molecular formula is C31H42. The van der Waals surface area contributed by atoms with Crippen LogP contribution in [0, 0.1) is 5.92 Å². The number of hydrogen-bond donors (Lipinski definition) is 0. The zero-order valence-corrected chi connectivity index (χ0v) is 20.8. The first-order valence-electron chi connectivity index (χ1n) is 12.4. The van der Waals surface area contributed by atoms with Gasteiger partial charge in [0.2, 0.25) is 0 Å². The lowest BCUT2D eigenvalue weighted by molar-refractivity contribution is 0.314. The zero-order valence-electron chi connectivity index (χ0n) is 20.8. The standard InChI is InChI=1S/C27H30.2C2H6/c1-5-18(2)24-11-8-12-25-20(4)19(3)17-23-10-7-6-9-21(23)13-14-22-15-16-26(22)27(24)25;2*1-2/h6-14,17-18,22,26H,4-5,15-16H2,1-3H3;2*1-2H3/b14-13-,19-17+;;. The van der Waals surface area contributed by atoms with Crippen LogP contribution in [0.5, 0.6) is 0 Å². The molecule has 0 N–H and O–H groups in total. The van der Waals surface area contributed by atoms with Crippen molar-refractivity contribution in [2.45, 2.75) is 79.6 Å². The summed E-state index contributed by atoms with van der Waals surface area (Å²) in [4.78, 5) is 0. The Hall–Kier alpha value is -2.34. The summed E-state index contributed by atoms with van der Waals surface area (Å²) >= 11 is 0. The fourth-order valence-electron chi connectivity index (χ4n) is 4.58. The Morgan fingerprint density at radius 2 is 1.61 bits per heavy atom. The summed E-state index contributed by atoms with van der Waals surface area (Å²) in [5, 5.41) is 0. The predicted octanol–water partition coefficient (Wildman–Crippen LogP) is 9.89. The summed E-state index contributed by atoms with van der Waals surface area (Å²) in [5.74, 6) is 1.84. The summed E-state index contributed by atoms with van der Waals surface area (Å²) in [6.07, 6.45) is 10.9. The molecule has 0 saturated heterocycles. The Morgan fingerprint density at radius 3 is 2.23 bits per heavy atom. The summed E-state index contributed by atoms with van der Waals surface area (Å²) in [6.45, 7) is 19.4. The number of rotatable bonds is 2. The second kappa shape index (κ2) is 11.9. The van der Waals surface area contributed by atoms with Gasteiger partial charge in [0.1, 0.15) is 0 Å². The van der Waals surface area contributed by atoms with Crippen LogP contribution < -0.4 is 0 Å². The quantitative estimate of drug-likeness (QED) is 0.458. The average molecular weight is 415 g/mol. The van der Waals surface area contributed by atoms with E-state index < -0.39 is 0 Å². The van der Waals surface area contributed by atoms with Crippen LogP contribution in [0.4, 0.5) is 0 Å². The molecule has 2 aliphatic rings. The molecule has 1 fully saturated rings. The molecule has 0 aliphatic heterocycles. The summed E-state index contributed by atoms with van der Waals surface area (Å²) < 4.78 is 0. The van der Waals surface area contributed by atoms with Crippen LogP contribution in [0.15, 0.2) is 60.7 Å². The number of benzene rings is 2. The van der Waals surface area contributed by atoms with E-state index in [1.165, 1.54) is 52.7 Å².